The molecule has 3 nitrogen and oxygen atoms in total. The third kappa shape index (κ3) is 5.81. The van der Waals surface area contributed by atoms with Gasteiger partial charge in [0.2, 0.25) is 0 Å². The minimum Gasteiger partial charge on any atom is -0.491 e. The van der Waals surface area contributed by atoms with Gasteiger partial charge in [0, 0.05) is 6.54 Å². The van der Waals surface area contributed by atoms with Crippen molar-refractivity contribution in [2.45, 2.75) is 33.8 Å². The monoisotopic (exact) mass is 287 g/mol. The fourth-order valence-corrected chi connectivity index (χ4v) is 1.90. The predicted octanol–water partition coefficient (Wildman–Crippen LogP) is 2.81. The molecule has 0 heterocycles. The normalized spacial score (nSPS) is 12.1. The Labute approximate surface area is 123 Å². The molecule has 1 atom stereocenters. The summed E-state index contributed by atoms with van der Waals surface area (Å²) in [5, 5.41) is 9.94. The lowest BCUT2D eigenvalue weighted by atomic mass is 10.1. The van der Waals surface area contributed by atoms with E-state index in [-0.39, 0.29) is 12.4 Å². The molecule has 0 fully saturated rings. The van der Waals surface area contributed by atoms with E-state index in [2.05, 4.69) is 31.7 Å². The molecule has 1 aromatic rings. The molecular weight excluding hydrogens is 262 g/mol. The highest BCUT2D eigenvalue weighted by atomic mass is 35.5. The second-order valence-electron chi connectivity index (χ2n) is 4.65. The number of aliphatic hydroxyl groups is 1. The molecule has 0 amide bonds. The number of ether oxygens (including phenoxy) is 1. The number of likely N-dealkylation sites (N-methyl/N-ethyl adjacent to an activating group) is 1. The molecule has 110 valence electrons. The lowest BCUT2D eigenvalue weighted by Gasteiger charge is -2.22. The Morgan fingerprint density at radius 3 is 2.42 bits per heavy atom. The summed E-state index contributed by atoms with van der Waals surface area (Å²) in [4.78, 5) is 2.19. The fourth-order valence-electron chi connectivity index (χ4n) is 1.90. The van der Waals surface area contributed by atoms with Crippen LogP contribution in [0.25, 0.3) is 0 Å². The first-order valence-electron chi connectivity index (χ1n) is 6.67. The summed E-state index contributed by atoms with van der Waals surface area (Å²) in [5.74, 6) is 0.869. The van der Waals surface area contributed by atoms with Crippen LogP contribution in [-0.4, -0.2) is 42.4 Å². The van der Waals surface area contributed by atoms with Crippen molar-refractivity contribution in [1.29, 1.82) is 0 Å². The van der Waals surface area contributed by atoms with Gasteiger partial charge < -0.3 is 14.7 Å². The SMILES string of the molecule is CCN(CC)CC(O)COc1cccc(C)c1C.Cl. The Kier molecular flexibility index (Phi) is 8.81. The third-order valence-corrected chi connectivity index (χ3v) is 3.35. The number of hydrogen-bond acceptors (Lipinski definition) is 3. The molecule has 0 aliphatic rings. The number of aryl methyl sites for hydroxylation is 1. The van der Waals surface area contributed by atoms with Gasteiger partial charge in [0.05, 0.1) is 0 Å². The van der Waals surface area contributed by atoms with Gasteiger partial charge in [-0.1, -0.05) is 26.0 Å². The summed E-state index contributed by atoms with van der Waals surface area (Å²) in [5.41, 5.74) is 2.36. The summed E-state index contributed by atoms with van der Waals surface area (Å²) in [6.45, 7) is 11.2. The summed E-state index contributed by atoms with van der Waals surface area (Å²) < 4.78 is 5.69. The van der Waals surface area contributed by atoms with Crippen LogP contribution in [0.15, 0.2) is 18.2 Å². The zero-order valence-electron chi connectivity index (χ0n) is 12.3. The summed E-state index contributed by atoms with van der Waals surface area (Å²) >= 11 is 0. The molecule has 1 aromatic carbocycles. The maximum absolute atomic E-state index is 9.94. The van der Waals surface area contributed by atoms with Crippen LogP contribution in [0.5, 0.6) is 5.75 Å². The number of halogens is 1. The molecule has 1 rings (SSSR count). The number of nitrogens with zero attached hydrogens (tertiary/aromatic N) is 1. The van der Waals surface area contributed by atoms with Gasteiger partial charge in [0.1, 0.15) is 18.5 Å². The van der Waals surface area contributed by atoms with Crippen molar-refractivity contribution in [3.8, 4) is 5.75 Å². The van der Waals surface area contributed by atoms with Crippen molar-refractivity contribution in [2.24, 2.45) is 0 Å². The molecule has 0 aliphatic heterocycles. The molecule has 4 heteroatoms. The molecule has 0 saturated heterocycles. The molecule has 0 radical (unpaired) electrons. The molecule has 1 unspecified atom stereocenters. The van der Waals surface area contributed by atoms with E-state index in [0.717, 1.165) is 24.4 Å². The Balaban J connectivity index is 0.00000324. The van der Waals surface area contributed by atoms with E-state index in [1.165, 1.54) is 5.56 Å². The van der Waals surface area contributed by atoms with Gasteiger partial charge in [-0.05, 0) is 44.1 Å². The Morgan fingerprint density at radius 1 is 1.21 bits per heavy atom. The van der Waals surface area contributed by atoms with E-state index in [1.54, 1.807) is 0 Å². The van der Waals surface area contributed by atoms with Gasteiger partial charge in [-0.2, -0.15) is 0 Å². The standard InChI is InChI=1S/C15H25NO2.ClH/c1-5-16(6-2)10-14(17)11-18-15-9-7-8-12(3)13(15)4;/h7-9,14,17H,5-6,10-11H2,1-4H3;1H. The van der Waals surface area contributed by atoms with E-state index < -0.39 is 6.10 Å². The van der Waals surface area contributed by atoms with E-state index in [1.807, 2.05) is 19.1 Å². The van der Waals surface area contributed by atoms with Crippen molar-refractivity contribution in [3.63, 3.8) is 0 Å². The van der Waals surface area contributed by atoms with Crippen LogP contribution in [-0.2, 0) is 0 Å². The molecule has 1 N–H and O–H groups in total. The van der Waals surface area contributed by atoms with Crippen LogP contribution in [0.4, 0.5) is 0 Å². The van der Waals surface area contributed by atoms with E-state index in [9.17, 15) is 5.11 Å². The average molecular weight is 288 g/mol. The molecule has 0 saturated carbocycles. The van der Waals surface area contributed by atoms with Crippen LogP contribution in [0.2, 0.25) is 0 Å². The maximum atomic E-state index is 9.94. The highest BCUT2D eigenvalue weighted by molar-refractivity contribution is 5.85. The van der Waals surface area contributed by atoms with Crippen LogP contribution < -0.4 is 4.74 Å². The van der Waals surface area contributed by atoms with Crippen molar-refractivity contribution in [3.05, 3.63) is 29.3 Å². The molecule has 0 bridgehead atoms. The lowest BCUT2D eigenvalue weighted by Crippen LogP contribution is -2.35. The van der Waals surface area contributed by atoms with Gasteiger partial charge in [-0.15, -0.1) is 12.4 Å². The van der Waals surface area contributed by atoms with E-state index in [4.69, 9.17) is 4.74 Å². The van der Waals surface area contributed by atoms with Crippen molar-refractivity contribution >= 4 is 12.4 Å². The molecular formula is C15H26ClNO2. The highest BCUT2D eigenvalue weighted by Crippen LogP contribution is 2.20. The number of rotatable bonds is 7. The Bertz CT molecular complexity index is 367. The van der Waals surface area contributed by atoms with Gasteiger partial charge in [-0.25, -0.2) is 0 Å². The zero-order valence-corrected chi connectivity index (χ0v) is 13.2. The maximum Gasteiger partial charge on any atom is 0.122 e. The fraction of sp³-hybridized carbons (Fsp3) is 0.600. The van der Waals surface area contributed by atoms with Crippen molar-refractivity contribution in [2.75, 3.05) is 26.2 Å². The Morgan fingerprint density at radius 2 is 1.84 bits per heavy atom. The predicted molar refractivity (Wildman–Crippen MR) is 82.5 cm³/mol. The number of aliphatic hydroxyl groups excluding tert-OH is 1. The smallest absolute Gasteiger partial charge is 0.122 e. The van der Waals surface area contributed by atoms with Gasteiger partial charge in [0.15, 0.2) is 0 Å². The number of benzene rings is 1. The molecule has 0 aromatic heterocycles. The topological polar surface area (TPSA) is 32.7 Å². The van der Waals surface area contributed by atoms with Crippen molar-refractivity contribution in [1.82, 2.24) is 4.90 Å². The molecule has 19 heavy (non-hydrogen) atoms. The van der Waals surface area contributed by atoms with Gasteiger partial charge in [0.25, 0.3) is 0 Å². The second-order valence-corrected chi connectivity index (χ2v) is 4.65. The third-order valence-electron chi connectivity index (χ3n) is 3.35. The summed E-state index contributed by atoms with van der Waals surface area (Å²) in [7, 11) is 0. The highest BCUT2D eigenvalue weighted by Gasteiger charge is 2.10. The quantitative estimate of drug-likeness (QED) is 0.837. The second kappa shape index (κ2) is 9.18. The van der Waals surface area contributed by atoms with Crippen LogP contribution in [0, 0.1) is 13.8 Å². The summed E-state index contributed by atoms with van der Waals surface area (Å²) in [6.07, 6.45) is -0.440. The number of hydrogen-bond donors (Lipinski definition) is 1. The Hall–Kier alpha value is -0.770. The minimum atomic E-state index is -0.440. The van der Waals surface area contributed by atoms with Gasteiger partial charge >= 0.3 is 0 Å². The van der Waals surface area contributed by atoms with Gasteiger partial charge in [-0.3, -0.25) is 0 Å². The lowest BCUT2D eigenvalue weighted by molar-refractivity contribution is 0.0714. The van der Waals surface area contributed by atoms with E-state index >= 15 is 0 Å². The molecule has 0 spiro atoms. The van der Waals surface area contributed by atoms with Crippen LogP contribution in [0.1, 0.15) is 25.0 Å². The van der Waals surface area contributed by atoms with Crippen LogP contribution >= 0.6 is 12.4 Å². The largest absolute Gasteiger partial charge is 0.491 e. The summed E-state index contributed by atoms with van der Waals surface area (Å²) in [6, 6.07) is 6.00. The van der Waals surface area contributed by atoms with E-state index in [0.29, 0.717) is 13.2 Å². The average Bonchev–Trinajstić information content (AvgIpc) is 2.37. The van der Waals surface area contributed by atoms with Crippen LogP contribution in [0.3, 0.4) is 0 Å². The first-order valence-corrected chi connectivity index (χ1v) is 6.67. The minimum absolute atomic E-state index is 0. The van der Waals surface area contributed by atoms with Crippen molar-refractivity contribution < 1.29 is 9.84 Å². The first-order chi connectivity index (χ1) is 8.58. The first kappa shape index (κ1) is 18.2. The zero-order chi connectivity index (χ0) is 13.5. The molecule has 0 aliphatic carbocycles.